The van der Waals surface area contributed by atoms with Crippen LogP contribution in [0, 0.1) is 0 Å². The van der Waals surface area contributed by atoms with E-state index in [2.05, 4.69) is 11.4 Å². The van der Waals surface area contributed by atoms with E-state index in [1.165, 1.54) is 11.1 Å². The van der Waals surface area contributed by atoms with Gasteiger partial charge in [0.2, 0.25) is 5.91 Å². The Morgan fingerprint density at radius 3 is 2.81 bits per heavy atom. The summed E-state index contributed by atoms with van der Waals surface area (Å²) >= 11 is 0. The molecule has 16 heavy (non-hydrogen) atoms. The number of carbonyl (C=O) groups is 1. The topological polar surface area (TPSA) is 38.3 Å². The number of methoxy groups -OCH3 is 1. The van der Waals surface area contributed by atoms with Gasteiger partial charge in [-0.15, -0.1) is 0 Å². The van der Waals surface area contributed by atoms with Gasteiger partial charge in [0.15, 0.2) is 0 Å². The average Bonchev–Trinajstić information content (AvgIpc) is 2.85. The number of aryl methyl sites for hydroxylation is 1. The quantitative estimate of drug-likeness (QED) is 0.778. The molecule has 0 unspecified atom stereocenters. The summed E-state index contributed by atoms with van der Waals surface area (Å²) in [7, 11) is 1.69. The van der Waals surface area contributed by atoms with E-state index in [-0.39, 0.29) is 11.4 Å². The fourth-order valence-corrected chi connectivity index (χ4v) is 3.07. The van der Waals surface area contributed by atoms with Crippen molar-refractivity contribution in [3.63, 3.8) is 0 Å². The van der Waals surface area contributed by atoms with Crippen molar-refractivity contribution in [1.29, 1.82) is 0 Å². The number of rotatable bonds is 1. The molecule has 0 bridgehead atoms. The molecule has 1 saturated heterocycles. The molecule has 3 rings (SSSR count). The molecule has 1 atom stereocenters. The van der Waals surface area contributed by atoms with Crippen LogP contribution >= 0.6 is 0 Å². The van der Waals surface area contributed by atoms with Crippen molar-refractivity contribution in [3.05, 3.63) is 29.3 Å². The number of ether oxygens (including phenoxy) is 1. The Bertz CT molecular complexity index is 455. The van der Waals surface area contributed by atoms with E-state index in [1.54, 1.807) is 7.11 Å². The molecule has 1 spiro atoms. The summed E-state index contributed by atoms with van der Waals surface area (Å²) < 4.78 is 5.43. The number of hydrogen-bond acceptors (Lipinski definition) is 2. The van der Waals surface area contributed by atoms with Crippen LogP contribution in [0.1, 0.15) is 30.4 Å². The summed E-state index contributed by atoms with van der Waals surface area (Å²) in [5.41, 5.74) is 2.39. The molecule has 1 amide bonds. The summed E-state index contributed by atoms with van der Waals surface area (Å²) in [5.74, 6) is 1.08. The Hall–Kier alpha value is -1.51. The van der Waals surface area contributed by atoms with Gasteiger partial charge in [0.05, 0.1) is 12.6 Å². The van der Waals surface area contributed by atoms with Crippen LogP contribution in [0.15, 0.2) is 18.2 Å². The van der Waals surface area contributed by atoms with Crippen LogP contribution in [-0.4, -0.2) is 13.0 Å². The third-order valence-corrected chi connectivity index (χ3v) is 3.79. The second kappa shape index (κ2) is 3.24. The van der Waals surface area contributed by atoms with Crippen molar-refractivity contribution in [3.8, 4) is 5.75 Å². The molecule has 1 aromatic carbocycles. The van der Waals surface area contributed by atoms with Crippen molar-refractivity contribution >= 4 is 5.91 Å². The first-order chi connectivity index (χ1) is 7.75. The van der Waals surface area contributed by atoms with E-state index in [0.29, 0.717) is 6.42 Å². The van der Waals surface area contributed by atoms with Crippen LogP contribution in [0.3, 0.4) is 0 Å². The van der Waals surface area contributed by atoms with Gasteiger partial charge in [0, 0.05) is 12.0 Å². The standard InChI is InChI=1S/C13H15NO2/c1-16-10-4-2-3-9-5-7-13(12(9)10)8-6-11(15)14-13/h2-4H,5-8H2,1H3,(H,14,15)/t13-/m0/s1. The van der Waals surface area contributed by atoms with Crippen molar-refractivity contribution in [1.82, 2.24) is 5.32 Å². The zero-order valence-corrected chi connectivity index (χ0v) is 9.38. The Balaban J connectivity index is 2.13. The van der Waals surface area contributed by atoms with E-state index in [4.69, 9.17) is 4.74 Å². The van der Waals surface area contributed by atoms with Crippen LogP contribution in [-0.2, 0) is 16.8 Å². The van der Waals surface area contributed by atoms with E-state index in [1.807, 2.05) is 12.1 Å². The maximum atomic E-state index is 11.5. The molecule has 1 aliphatic heterocycles. The maximum Gasteiger partial charge on any atom is 0.220 e. The predicted octanol–water partition coefficient (Wildman–Crippen LogP) is 1.75. The molecule has 1 fully saturated rings. The molecule has 1 aromatic rings. The number of fused-ring (bicyclic) bond motifs is 2. The van der Waals surface area contributed by atoms with Crippen LogP contribution in [0.2, 0.25) is 0 Å². The lowest BCUT2D eigenvalue weighted by Crippen LogP contribution is -2.36. The first kappa shape index (κ1) is 9.70. The lowest BCUT2D eigenvalue weighted by molar-refractivity contribution is -0.119. The number of benzene rings is 1. The van der Waals surface area contributed by atoms with Crippen LogP contribution in [0.25, 0.3) is 0 Å². The zero-order valence-electron chi connectivity index (χ0n) is 9.38. The molecule has 0 saturated carbocycles. The second-order valence-electron chi connectivity index (χ2n) is 4.62. The first-order valence-corrected chi connectivity index (χ1v) is 5.72. The molecule has 3 nitrogen and oxygen atoms in total. The molecule has 84 valence electrons. The Morgan fingerprint density at radius 1 is 1.31 bits per heavy atom. The maximum absolute atomic E-state index is 11.5. The predicted molar refractivity (Wildman–Crippen MR) is 60.4 cm³/mol. The van der Waals surface area contributed by atoms with Gasteiger partial charge in [-0.1, -0.05) is 12.1 Å². The Morgan fingerprint density at radius 2 is 2.12 bits per heavy atom. The average molecular weight is 217 g/mol. The fourth-order valence-electron chi connectivity index (χ4n) is 3.07. The summed E-state index contributed by atoms with van der Waals surface area (Å²) in [5, 5.41) is 3.14. The minimum atomic E-state index is -0.140. The minimum Gasteiger partial charge on any atom is -0.496 e. The van der Waals surface area contributed by atoms with Crippen molar-refractivity contribution in [2.45, 2.75) is 31.2 Å². The third-order valence-electron chi connectivity index (χ3n) is 3.79. The number of hydrogen-bond donors (Lipinski definition) is 1. The highest BCUT2D eigenvalue weighted by Gasteiger charge is 2.45. The van der Waals surface area contributed by atoms with Gasteiger partial charge in [-0.25, -0.2) is 0 Å². The zero-order chi connectivity index (χ0) is 11.2. The Labute approximate surface area is 94.8 Å². The molecule has 3 heteroatoms. The van der Waals surface area contributed by atoms with Gasteiger partial charge in [0.1, 0.15) is 5.75 Å². The molecule has 1 N–H and O–H groups in total. The Kier molecular flexibility index (Phi) is 1.96. The fraction of sp³-hybridized carbons (Fsp3) is 0.462. The molecule has 1 aliphatic carbocycles. The van der Waals surface area contributed by atoms with Crippen molar-refractivity contribution in [2.75, 3.05) is 7.11 Å². The lowest BCUT2D eigenvalue weighted by atomic mass is 9.89. The smallest absolute Gasteiger partial charge is 0.220 e. The first-order valence-electron chi connectivity index (χ1n) is 5.72. The molecular weight excluding hydrogens is 202 g/mol. The second-order valence-corrected chi connectivity index (χ2v) is 4.62. The normalized spacial score (nSPS) is 26.9. The highest BCUT2D eigenvalue weighted by Crippen LogP contribution is 2.47. The minimum absolute atomic E-state index is 0.140. The molecule has 0 aromatic heterocycles. The molecule has 2 aliphatic rings. The van der Waals surface area contributed by atoms with Gasteiger partial charge in [-0.3, -0.25) is 4.79 Å². The van der Waals surface area contributed by atoms with Crippen molar-refractivity contribution < 1.29 is 9.53 Å². The van der Waals surface area contributed by atoms with Crippen LogP contribution in [0.4, 0.5) is 0 Å². The number of amides is 1. The summed E-state index contributed by atoms with van der Waals surface area (Å²) in [4.78, 5) is 11.5. The highest BCUT2D eigenvalue weighted by atomic mass is 16.5. The van der Waals surface area contributed by atoms with Crippen LogP contribution in [0.5, 0.6) is 5.75 Å². The van der Waals surface area contributed by atoms with Crippen LogP contribution < -0.4 is 10.1 Å². The lowest BCUT2D eigenvalue weighted by Gasteiger charge is -2.26. The van der Waals surface area contributed by atoms with Gasteiger partial charge in [0.25, 0.3) is 0 Å². The van der Waals surface area contributed by atoms with E-state index >= 15 is 0 Å². The van der Waals surface area contributed by atoms with E-state index in [0.717, 1.165) is 25.0 Å². The summed E-state index contributed by atoms with van der Waals surface area (Å²) in [6, 6.07) is 6.14. The van der Waals surface area contributed by atoms with Crippen molar-refractivity contribution in [2.24, 2.45) is 0 Å². The van der Waals surface area contributed by atoms with Gasteiger partial charge >= 0.3 is 0 Å². The van der Waals surface area contributed by atoms with Gasteiger partial charge in [-0.2, -0.15) is 0 Å². The highest BCUT2D eigenvalue weighted by molar-refractivity contribution is 5.80. The molecule has 0 radical (unpaired) electrons. The SMILES string of the molecule is COc1cccc2c1[C@@]1(CCC(=O)N1)CC2. The largest absolute Gasteiger partial charge is 0.496 e. The number of carbonyl (C=O) groups excluding carboxylic acids is 1. The monoisotopic (exact) mass is 217 g/mol. The van der Waals surface area contributed by atoms with Gasteiger partial charge in [-0.05, 0) is 30.9 Å². The molecular formula is C13H15NO2. The third kappa shape index (κ3) is 1.17. The van der Waals surface area contributed by atoms with E-state index in [9.17, 15) is 4.79 Å². The van der Waals surface area contributed by atoms with E-state index < -0.39 is 0 Å². The summed E-state index contributed by atoms with van der Waals surface area (Å²) in [6.45, 7) is 0. The summed E-state index contributed by atoms with van der Waals surface area (Å²) in [6.07, 6.45) is 3.58. The molecule has 1 heterocycles. The van der Waals surface area contributed by atoms with Gasteiger partial charge < -0.3 is 10.1 Å². The number of nitrogens with one attached hydrogen (secondary N) is 1.